The number of allylic oxidation sites excluding steroid dienone is 2. The van der Waals surface area contributed by atoms with Crippen molar-refractivity contribution in [3.8, 4) is 11.1 Å². The zero-order valence-electron chi connectivity index (χ0n) is 24.0. The van der Waals surface area contributed by atoms with Crippen molar-refractivity contribution in [2.24, 2.45) is 5.41 Å². The first-order valence-electron chi connectivity index (χ1n) is 14.5. The van der Waals surface area contributed by atoms with E-state index in [1.807, 2.05) is 0 Å². The lowest BCUT2D eigenvalue weighted by Crippen LogP contribution is -2.36. The predicted molar refractivity (Wildman–Crippen MR) is 172 cm³/mol. The monoisotopic (exact) mass is 523 g/mol. The molecule has 0 saturated carbocycles. The van der Waals surface area contributed by atoms with Gasteiger partial charge >= 0.3 is 6.92 Å². The van der Waals surface area contributed by atoms with Crippen LogP contribution < -0.4 is 10.4 Å². The SMILES string of the molecule is CC1(C)CB(c2ccc(N(c3ccc(-c4ccccc4)cc3)C3C=CC(c4ccccc4)=CC3)cc2)OC1(C)C. The molecule has 1 aliphatic heterocycles. The van der Waals surface area contributed by atoms with Gasteiger partial charge in [-0.3, -0.25) is 0 Å². The van der Waals surface area contributed by atoms with Gasteiger partial charge in [-0.25, -0.2) is 0 Å². The smallest absolute Gasteiger partial charge is 0.327 e. The molecule has 3 heteroatoms. The minimum absolute atomic E-state index is 0.128. The van der Waals surface area contributed by atoms with E-state index in [4.69, 9.17) is 4.65 Å². The highest BCUT2D eigenvalue weighted by Crippen LogP contribution is 2.45. The zero-order valence-corrected chi connectivity index (χ0v) is 24.0. The van der Waals surface area contributed by atoms with Crippen LogP contribution in [-0.2, 0) is 4.65 Å². The highest BCUT2D eigenvalue weighted by molar-refractivity contribution is 6.68. The van der Waals surface area contributed by atoms with Gasteiger partial charge in [0.1, 0.15) is 0 Å². The first-order chi connectivity index (χ1) is 19.3. The molecule has 1 aliphatic carbocycles. The second-order valence-electron chi connectivity index (χ2n) is 12.3. The molecule has 1 saturated heterocycles. The standard InChI is InChI=1S/C37H38BNO/c1-36(2)27-38(40-37(36,3)4)32-19-25-35(26-20-32)39(33-21-15-30(16-22-33)28-11-7-5-8-12-28)34-23-17-31(18-24-34)29-13-9-6-10-14-29/h5-23,25-26,34H,24,27H2,1-4H3. The van der Waals surface area contributed by atoms with Crippen LogP contribution in [0.3, 0.4) is 0 Å². The Labute approximate surface area is 240 Å². The van der Waals surface area contributed by atoms with E-state index in [2.05, 4.69) is 160 Å². The largest absolute Gasteiger partial charge is 0.426 e. The van der Waals surface area contributed by atoms with E-state index in [-0.39, 0.29) is 24.0 Å². The van der Waals surface area contributed by atoms with Gasteiger partial charge in [0.2, 0.25) is 0 Å². The van der Waals surface area contributed by atoms with Crippen molar-refractivity contribution in [3.63, 3.8) is 0 Å². The molecule has 4 aromatic rings. The summed E-state index contributed by atoms with van der Waals surface area (Å²) in [5.41, 5.74) is 8.66. The second-order valence-corrected chi connectivity index (χ2v) is 12.3. The molecule has 0 bridgehead atoms. The van der Waals surface area contributed by atoms with Crippen LogP contribution >= 0.6 is 0 Å². The van der Waals surface area contributed by atoms with Crippen LogP contribution in [0.4, 0.5) is 11.4 Å². The molecule has 4 aromatic carbocycles. The van der Waals surface area contributed by atoms with Crippen molar-refractivity contribution in [3.05, 3.63) is 133 Å². The summed E-state index contributed by atoms with van der Waals surface area (Å²) >= 11 is 0. The Bertz CT molecular complexity index is 1490. The molecule has 1 heterocycles. The van der Waals surface area contributed by atoms with Gasteiger partial charge < -0.3 is 9.55 Å². The topological polar surface area (TPSA) is 12.5 Å². The third kappa shape index (κ3) is 5.19. The molecule has 6 rings (SSSR count). The van der Waals surface area contributed by atoms with E-state index < -0.39 is 0 Å². The lowest BCUT2D eigenvalue weighted by molar-refractivity contribution is 0.0375. The Hall–Kier alpha value is -3.82. The first-order valence-corrected chi connectivity index (χ1v) is 14.5. The normalized spacial score (nSPS) is 19.4. The van der Waals surface area contributed by atoms with Gasteiger partial charge in [0.25, 0.3) is 0 Å². The Morgan fingerprint density at radius 3 is 1.75 bits per heavy atom. The minimum Gasteiger partial charge on any atom is -0.426 e. The van der Waals surface area contributed by atoms with Crippen molar-refractivity contribution in [1.82, 2.24) is 0 Å². The van der Waals surface area contributed by atoms with Crippen LogP contribution in [0.2, 0.25) is 6.32 Å². The van der Waals surface area contributed by atoms with Gasteiger partial charge in [-0.05, 0) is 84.0 Å². The molecule has 0 N–H and O–H groups in total. The Balaban J connectivity index is 1.30. The van der Waals surface area contributed by atoms with Gasteiger partial charge in [0, 0.05) is 11.4 Å². The van der Waals surface area contributed by atoms with E-state index in [0.29, 0.717) is 0 Å². The zero-order chi connectivity index (χ0) is 27.7. The maximum atomic E-state index is 6.53. The highest BCUT2D eigenvalue weighted by atomic mass is 16.5. The van der Waals surface area contributed by atoms with E-state index in [1.54, 1.807) is 0 Å². The van der Waals surface area contributed by atoms with E-state index in [9.17, 15) is 0 Å². The van der Waals surface area contributed by atoms with Gasteiger partial charge in [-0.2, -0.15) is 0 Å². The Morgan fingerprint density at radius 2 is 1.23 bits per heavy atom. The van der Waals surface area contributed by atoms with Crippen LogP contribution in [0.15, 0.2) is 127 Å². The van der Waals surface area contributed by atoms with Crippen molar-refractivity contribution < 1.29 is 4.65 Å². The summed E-state index contributed by atoms with van der Waals surface area (Å²) in [7, 11) is 0. The summed E-state index contributed by atoms with van der Waals surface area (Å²) in [4.78, 5) is 2.47. The van der Waals surface area contributed by atoms with Crippen molar-refractivity contribution in [2.45, 2.75) is 52.1 Å². The number of nitrogens with zero attached hydrogens (tertiary/aromatic N) is 1. The van der Waals surface area contributed by atoms with Crippen molar-refractivity contribution in [1.29, 1.82) is 0 Å². The summed E-state index contributed by atoms with van der Waals surface area (Å²) in [6, 6.07) is 39.5. The molecule has 1 fully saturated rings. The quantitative estimate of drug-likeness (QED) is 0.234. The number of anilines is 2. The minimum atomic E-state index is -0.140. The van der Waals surface area contributed by atoms with Crippen molar-refractivity contribution >= 4 is 29.3 Å². The molecule has 0 spiro atoms. The summed E-state index contributed by atoms with van der Waals surface area (Å²) < 4.78 is 6.53. The molecule has 0 amide bonds. The van der Waals surface area contributed by atoms with Crippen LogP contribution in [0, 0.1) is 5.41 Å². The summed E-state index contributed by atoms with van der Waals surface area (Å²) in [5, 5.41) is 0. The lowest BCUT2D eigenvalue weighted by Gasteiger charge is -2.34. The van der Waals surface area contributed by atoms with Gasteiger partial charge in [0.15, 0.2) is 0 Å². The van der Waals surface area contributed by atoms with Crippen molar-refractivity contribution in [2.75, 3.05) is 4.90 Å². The van der Waals surface area contributed by atoms with Crippen LogP contribution in [0.1, 0.15) is 39.7 Å². The van der Waals surface area contributed by atoms with Gasteiger partial charge in [0.05, 0.1) is 11.6 Å². The maximum Gasteiger partial charge on any atom is 0.327 e. The number of hydrogen-bond donors (Lipinski definition) is 0. The van der Waals surface area contributed by atoms with Crippen LogP contribution in [0.25, 0.3) is 16.7 Å². The molecular formula is C37H38BNO. The highest BCUT2D eigenvalue weighted by Gasteiger charge is 2.49. The average molecular weight is 524 g/mol. The molecule has 200 valence electrons. The second kappa shape index (κ2) is 10.6. The van der Waals surface area contributed by atoms with Crippen LogP contribution in [0.5, 0.6) is 0 Å². The predicted octanol–water partition coefficient (Wildman–Crippen LogP) is 8.94. The third-order valence-corrected chi connectivity index (χ3v) is 9.07. The van der Waals surface area contributed by atoms with Gasteiger partial charge in [-0.1, -0.05) is 117 Å². The summed E-state index contributed by atoms with van der Waals surface area (Å²) in [6.45, 7) is 9.19. The molecule has 2 nitrogen and oxygen atoms in total. The Kier molecular flexibility index (Phi) is 7.02. The average Bonchev–Trinajstić information content (AvgIpc) is 3.21. The Morgan fingerprint density at radius 1 is 0.675 bits per heavy atom. The van der Waals surface area contributed by atoms with E-state index >= 15 is 0 Å². The number of rotatable bonds is 6. The van der Waals surface area contributed by atoms with Crippen LogP contribution in [-0.4, -0.2) is 18.6 Å². The first kappa shape index (κ1) is 26.4. The van der Waals surface area contributed by atoms with E-state index in [1.165, 1.54) is 39.1 Å². The summed E-state index contributed by atoms with van der Waals surface area (Å²) in [6.07, 6.45) is 8.97. The van der Waals surface area contributed by atoms with E-state index in [0.717, 1.165) is 12.7 Å². The fourth-order valence-corrected chi connectivity index (χ4v) is 5.92. The summed E-state index contributed by atoms with van der Waals surface area (Å²) in [5.74, 6) is 0. The molecule has 1 unspecified atom stereocenters. The molecule has 0 radical (unpaired) electrons. The van der Waals surface area contributed by atoms with Gasteiger partial charge in [-0.15, -0.1) is 0 Å². The lowest BCUT2D eigenvalue weighted by atomic mass is 9.54. The number of benzene rings is 4. The fraction of sp³-hybridized carbons (Fsp3) is 0.243. The molecular weight excluding hydrogens is 485 g/mol. The third-order valence-electron chi connectivity index (χ3n) is 9.07. The molecule has 40 heavy (non-hydrogen) atoms. The number of hydrogen-bond acceptors (Lipinski definition) is 2. The maximum absolute atomic E-state index is 6.53. The fourth-order valence-electron chi connectivity index (χ4n) is 5.92. The molecule has 0 aromatic heterocycles. The molecule has 2 aliphatic rings. The molecule has 1 atom stereocenters.